The van der Waals surface area contributed by atoms with Crippen molar-refractivity contribution < 1.29 is 23.1 Å². The van der Waals surface area contributed by atoms with Crippen LogP contribution in [0.15, 0.2) is 23.2 Å². The minimum absolute atomic E-state index is 0.0857. The molecule has 1 aromatic heterocycles. The number of carboxylic acids is 1. The van der Waals surface area contributed by atoms with Gasteiger partial charge in [0.15, 0.2) is 0 Å². The van der Waals surface area contributed by atoms with Crippen LogP contribution in [-0.2, 0) is 14.8 Å². The molecule has 0 bridgehead atoms. The highest BCUT2D eigenvalue weighted by Crippen LogP contribution is 2.08. The van der Waals surface area contributed by atoms with Gasteiger partial charge in [0.2, 0.25) is 10.0 Å². The molecule has 0 saturated carbocycles. The SMILES string of the molecule is CC(C)CC(NC(=O)c1ccc(S(N)(=O)=O)cn1)C(=O)O. The molecule has 0 spiro atoms. The highest BCUT2D eigenvalue weighted by Gasteiger charge is 2.22. The number of carbonyl (C=O) groups excluding carboxylic acids is 1. The largest absolute Gasteiger partial charge is 0.480 e. The molecule has 0 aliphatic rings. The summed E-state index contributed by atoms with van der Waals surface area (Å²) in [5.74, 6) is -1.74. The van der Waals surface area contributed by atoms with Gasteiger partial charge in [-0.25, -0.2) is 23.3 Å². The lowest BCUT2D eigenvalue weighted by Crippen LogP contribution is -2.41. The lowest BCUT2D eigenvalue weighted by Gasteiger charge is -2.16. The van der Waals surface area contributed by atoms with Crippen molar-refractivity contribution in [2.75, 3.05) is 0 Å². The summed E-state index contributed by atoms with van der Waals surface area (Å²) in [7, 11) is -3.89. The molecule has 116 valence electrons. The zero-order valence-corrected chi connectivity index (χ0v) is 12.4. The predicted octanol–water partition coefficient (Wildman–Crippen LogP) is -0.0419. The number of carboxylic acid groups (broad SMARTS) is 1. The molecule has 0 fully saturated rings. The van der Waals surface area contributed by atoms with Crippen molar-refractivity contribution in [1.29, 1.82) is 0 Å². The van der Waals surface area contributed by atoms with Gasteiger partial charge in [-0.15, -0.1) is 0 Å². The van der Waals surface area contributed by atoms with Gasteiger partial charge >= 0.3 is 5.97 Å². The van der Waals surface area contributed by atoms with Gasteiger partial charge in [0.1, 0.15) is 16.6 Å². The number of pyridine rings is 1. The minimum atomic E-state index is -3.89. The van der Waals surface area contributed by atoms with Gasteiger partial charge in [0.05, 0.1) is 0 Å². The van der Waals surface area contributed by atoms with Crippen molar-refractivity contribution in [2.24, 2.45) is 11.1 Å². The monoisotopic (exact) mass is 315 g/mol. The molecule has 0 aromatic carbocycles. The summed E-state index contributed by atoms with van der Waals surface area (Å²) in [6.07, 6.45) is 1.22. The fourth-order valence-corrected chi connectivity index (χ4v) is 2.07. The van der Waals surface area contributed by atoms with E-state index in [1.165, 1.54) is 6.07 Å². The van der Waals surface area contributed by atoms with Crippen LogP contribution < -0.4 is 10.5 Å². The Balaban J connectivity index is 2.86. The van der Waals surface area contributed by atoms with E-state index in [0.29, 0.717) is 0 Å². The zero-order chi connectivity index (χ0) is 16.2. The van der Waals surface area contributed by atoms with Crippen LogP contribution in [0, 0.1) is 5.92 Å². The van der Waals surface area contributed by atoms with Crippen LogP contribution in [0.25, 0.3) is 0 Å². The van der Waals surface area contributed by atoms with E-state index >= 15 is 0 Å². The van der Waals surface area contributed by atoms with Gasteiger partial charge in [-0.1, -0.05) is 13.8 Å². The topological polar surface area (TPSA) is 139 Å². The molecule has 9 heteroatoms. The molecule has 1 amide bonds. The highest BCUT2D eigenvalue weighted by molar-refractivity contribution is 7.89. The first-order chi connectivity index (χ1) is 9.61. The molecular formula is C12H17N3O5S. The minimum Gasteiger partial charge on any atom is -0.480 e. The third kappa shape index (κ3) is 5.12. The lowest BCUT2D eigenvalue weighted by atomic mass is 10.0. The number of carbonyl (C=O) groups is 2. The molecule has 21 heavy (non-hydrogen) atoms. The number of hydrogen-bond acceptors (Lipinski definition) is 5. The Kier molecular flexibility index (Phi) is 5.39. The molecule has 0 saturated heterocycles. The number of hydrogen-bond donors (Lipinski definition) is 3. The van der Waals surface area contributed by atoms with Crippen molar-refractivity contribution in [3.8, 4) is 0 Å². The van der Waals surface area contributed by atoms with Crippen LogP contribution >= 0.6 is 0 Å². The van der Waals surface area contributed by atoms with Crippen LogP contribution in [-0.4, -0.2) is 36.4 Å². The molecule has 0 aliphatic heterocycles. The molecule has 4 N–H and O–H groups in total. The fourth-order valence-electron chi connectivity index (χ4n) is 1.61. The molecule has 0 aliphatic carbocycles. The van der Waals surface area contributed by atoms with E-state index in [-0.39, 0.29) is 22.9 Å². The van der Waals surface area contributed by atoms with E-state index in [9.17, 15) is 18.0 Å². The Bertz CT molecular complexity index is 625. The van der Waals surface area contributed by atoms with E-state index in [1.807, 2.05) is 13.8 Å². The standard InChI is InChI=1S/C12H17N3O5S/c1-7(2)5-10(12(17)18)15-11(16)9-4-3-8(6-14-9)21(13,19)20/h3-4,6-7,10H,5H2,1-2H3,(H,15,16)(H,17,18)(H2,13,19,20). The molecule has 1 unspecified atom stereocenters. The average Bonchev–Trinajstić information content (AvgIpc) is 2.36. The summed E-state index contributed by atoms with van der Waals surface area (Å²) in [5, 5.41) is 16.3. The van der Waals surface area contributed by atoms with Crippen LogP contribution in [0.1, 0.15) is 30.8 Å². The summed E-state index contributed by atoms with van der Waals surface area (Å²) >= 11 is 0. The summed E-state index contributed by atoms with van der Waals surface area (Å²) < 4.78 is 22.1. The maximum absolute atomic E-state index is 11.9. The number of primary sulfonamides is 1. The third-order valence-corrected chi connectivity index (χ3v) is 3.51. The quantitative estimate of drug-likeness (QED) is 0.673. The van der Waals surface area contributed by atoms with E-state index < -0.39 is 27.9 Å². The number of sulfonamides is 1. The van der Waals surface area contributed by atoms with Gasteiger partial charge in [-0.05, 0) is 24.5 Å². The number of nitrogens with one attached hydrogen (secondary N) is 1. The number of nitrogens with zero attached hydrogens (tertiary/aromatic N) is 1. The third-order valence-electron chi connectivity index (χ3n) is 2.61. The lowest BCUT2D eigenvalue weighted by molar-refractivity contribution is -0.139. The van der Waals surface area contributed by atoms with Gasteiger partial charge < -0.3 is 10.4 Å². The molecule has 0 radical (unpaired) electrons. The Morgan fingerprint density at radius 1 is 1.38 bits per heavy atom. The van der Waals surface area contributed by atoms with E-state index in [4.69, 9.17) is 10.2 Å². The number of aliphatic carboxylic acids is 1. The second-order valence-electron chi connectivity index (χ2n) is 4.92. The molecule has 1 aromatic rings. The average molecular weight is 315 g/mol. The first kappa shape index (κ1) is 17.1. The van der Waals surface area contributed by atoms with Crippen molar-refractivity contribution in [3.63, 3.8) is 0 Å². The Morgan fingerprint density at radius 3 is 2.38 bits per heavy atom. The van der Waals surface area contributed by atoms with Crippen molar-refractivity contribution in [2.45, 2.75) is 31.2 Å². The second-order valence-corrected chi connectivity index (χ2v) is 6.48. The van der Waals surface area contributed by atoms with E-state index in [2.05, 4.69) is 10.3 Å². The van der Waals surface area contributed by atoms with Crippen LogP contribution in [0.4, 0.5) is 0 Å². The van der Waals surface area contributed by atoms with E-state index in [1.54, 1.807) is 0 Å². The van der Waals surface area contributed by atoms with Gasteiger partial charge in [-0.2, -0.15) is 0 Å². The summed E-state index contributed by atoms with van der Waals surface area (Å²) in [6, 6.07) is 1.27. The Morgan fingerprint density at radius 2 is 2.00 bits per heavy atom. The number of nitrogens with two attached hydrogens (primary N) is 1. The number of amides is 1. The summed E-state index contributed by atoms with van der Waals surface area (Å²) in [6.45, 7) is 3.67. The van der Waals surface area contributed by atoms with Gasteiger partial charge in [0, 0.05) is 6.20 Å². The Labute approximate surface area is 122 Å². The maximum atomic E-state index is 11.9. The highest BCUT2D eigenvalue weighted by atomic mass is 32.2. The summed E-state index contributed by atoms with van der Waals surface area (Å²) in [5.41, 5.74) is -0.0857. The first-order valence-electron chi connectivity index (χ1n) is 6.13. The smallest absolute Gasteiger partial charge is 0.326 e. The molecule has 1 rings (SSSR count). The van der Waals surface area contributed by atoms with Crippen LogP contribution in [0.3, 0.4) is 0 Å². The predicted molar refractivity (Wildman–Crippen MR) is 74.0 cm³/mol. The van der Waals surface area contributed by atoms with E-state index in [0.717, 1.165) is 12.3 Å². The van der Waals surface area contributed by atoms with Crippen molar-refractivity contribution in [3.05, 3.63) is 24.0 Å². The summed E-state index contributed by atoms with van der Waals surface area (Å²) in [4.78, 5) is 26.4. The first-order valence-corrected chi connectivity index (χ1v) is 7.68. The molecular weight excluding hydrogens is 298 g/mol. The molecule has 1 heterocycles. The normalized spacial score (nSPS) is 13.0. The maximum Gasteiger partial charge on any atom is 0.326 e. The van der Waals surface area contributed by atoms with Gasteiger partial charge in [0.25, 0.3) is 5.91 Å². The molecule has 1 atom stereocenters. The zero-order valence-electron chi connectivity index (χ0n) is 11.6. The fraction of sp³-hybridized carbons (Fsp3) is 0.417. The number of aromatic nitrogens is 1. The van der Waals surface area contributed by atoms with Crippen molar-refractivity contribution in [1.82, 2.24) is 10.3 Å². The van der Waals surface area contributed by atoms with Gasteiger partial charge in [-0.3, -0.25) is 4.79 Å². The van der Waals surface area contributed by atoms with Crippen LogP contribution in [0.5, 0.6) is 0 Å². The van der Waals surface area contributed by atoms with Crippen LogP contribution in [0.2, 0.25) is 0 Å². The number of rotatable bonds is 6. The molecule has 8 nitrogen and oxygen atoms in total. The Hall–Kier alpha value is -2.00. The van der Waals surface area contributed by atoms with Crippen molar-refractivity contribution >= 4 is 21.9 Å². The second kappa shape index (κ2) is 6.64.